The maximum absolute atomic E-state index is 12.6. The number of benzene rings is 2. The van der Waals surface area contributed by atoms with Gasteiger partial charge < -0.3 is 14.8 Å². The largest absolute Gasteiger partial charge is 0.496 e. The first-order valence-electron chi connectivity index (χ1n) is 10.5. The van der Waals surface area contributed by atoms with Crippen molar-refractivity contribution < 1.29 is 14.3 Å². The van der Waals surface area contributed by atoms with E-state index in [9.17, 15) is 4.79 Å². The van der Waals surface area contributed by atoms with Crippen LogP contribution in [0.3, 0.4) is 0 Å². The number of amides is 1. The number of pyridine rings is 1. The van der Waals surface area contributed by atoms with Gasteiger partial charge in [0.1, 0.15) is 5.75 Å². The van der Waals surface area contributed by atoms with Gasteiger partial charge in [-0.2, -0.15) is 10.1 Å². The molecule has 0 aliphatic carbocycles. The molecule has 32 heavy (non-hydrogen) atoms. The lowest BCUT2D eigenvalue weighted by Gasteiger charge is -2.16. The Labute approximate surface area is 187 Å². The van der Waals surface area contributed by atoms with Crippen LogP contribution in [-0.4, -0.2) is 33.9 Å². The minimum absolute atomic E-state index is 0.233. The monoisotopic (exact) mass is 430 g/mol. The van der Waals surface area contributed by atoms with Crippen molar-refractivity contribution in [3.05, 3.63) is 77.5 Å². The summed E-state index contributed by atoms with van der Waals surface area (Å²) < 4.78 is 13.1. The van der Waals surface area contributed by atoms with E-state index in [0.29, 0.717) is 18.1 Å². The third kappa shape index (κ3) is 4.27. The Morgan fingerprint density at radius 3 is 2.56 bits per heavy atom. The van der Waals surface area contributed by atoms with Crippen molar-refractivity contribution in [3.8, 4) is 17.3 Å². The molecule has 0 bridgehead atoms. The zero-order chi connectivity index (χ0) is 22.7. The average molecular weight is 431 g/mol. The maximum atomic E-state index is 12.6. The SMILES string of the molecule is COc1ccccc1CNC(=O)[C@@H](C)Oc1cc(C)c2c(C)nn(-c3ccccc3)c2n1. The molecular formula is C25H26N4O3. The number of rotatable bonds is 7. The van der Waals surface area contributed by atoms with Crippen LogP contribution >= 0.6 is 0 Å². The zero-order valence-electron chi connectivity index (χ0n) is 18.6. The Hall–Kier alpha value is -3.87. The fraction of sp³-hybridized carbons (Fsp3) is 0.240. The van der Waals surface area contributed by atoms with E-state index in [2.05, 4.69) is 15.4 Å². The van der Waals surface area contributed by atoms with Gasteiger partial charge in [-0.25, -0.2) is 4.68 Å². The molecule has 0 fully saturated rings. The molecule has 1 amide bonds. The van der Waals surface area contributed by atoms with Crippen LogP contribution in [0.15, 0.2) is 60.7 Å². The van der Waals surface area contributed by atoms with Gasteiger partial charge in [0.15, 0.2) is 11.8 Å². The Morgan fingerprint density at radius 2 is 1.81 bits per heavy atom. The second kappa shape index (κ2) is 9.09. The highest BCUT2D eigenvalue weighted by Crippen LogP contribution is 2.27. The van der Waals surface area contributed by atoms with Crippen LogP contribution in [0.25, 0.3) is 16.7 Å². The molecule has 1 N–H and O–H groups in total. The molecule has 0 spiro atoms. The zero-order valence-corrected chi connectivity index (χ0v) is 18.6. The molecule has 0 unspecified atom stereocenters. The number of nitrogens with zero attached hydrogens (tertiary/aromatic N) is 3. The highest BCUT2D eigenvalue weighted by Gasteiger charge is 2.19. The topological polar surface area (TPSA) is 78.3 Å². The first kappa shape index (κ1) is 21.4. The van der Waals surface area contributed by atoms with Crippen LogP contribution in [-0.2, 0) is 11.3 Å². The van der Waals surface area contributed by atoms with Gasteiger partial charge in [0.05, 0.1) is 18.5 Å². The molecule has 7 heteroatoms. The van der Waals surface area contributed by atoms with Crippen molar-refractivity contribution in [3.63, 3.8) is 0 Å². The predicted octanol–water partition coefficient (Wildman–Crippen LogP) is 4.13. The van der Waals surface area contributed by atoms with Crippen molar-refractivity contribution in [1.29, 1.82) is 0 Å². The highest BCUT2D eigenvalue weighted by molar-refractivity contribution is 5.84. The minimum Gasteiger partial charge on any atom is -0.496 e. The summed E-state index contributed by atoms with van der Waals surface area (Å²) in [6.45, 7) is 6.01. The van der Waals surface area contributed by atoms with Gasteiger partial charge in [-0.3, -0.25) is 4.79 Å². The van der Waals surface area contributed by atoms with Crippen LogP contribution in [0.4, 0.5) is 0 Å². The fourth-order valence-electron chi connectivity index (χ4n) is 3.69. The van der Waals surface area contributed by atoms with E-state index in [1.165, 1.54) is 0 Å². The molecule has 0 saturated carbocycles. The molecule has 7 nitrogen and oxygen atoms in total. The fourth-order valence-corrected chi connectivity index (χ4v) is 3.69. The molecule has 2 aromatic carbocycles. The highest BCUT2D eigenvalue weighted by atomic mass is 16.5. The Bertz CT molecular complexity index is 1250. The van der Waals surface area contributed by atoms with Crippen molar-refractivity contribution in [2.24, 2.45) is 0 Å². The third-order valence-electron chi connectivity index (χ3n) is 5.30. The summed E-state index contributed by atoms with van der Waals surface area (Å²) >= 11 is 0. The van der Waals surface area contributed by atoms with E-state index in [4.69, 9.17) is 9.47 Å². The summed E-state index contributed by atoms with van der Waals surface area (Å²) in [7, 11) is 1.61. The predicted molar refractivity (Wildman–Crippen MR) is 123 cm³/mol. The van der Waals surface area contributed by atoms with Gasteiger partial charge in [-0.1, -0.05) is 36.4 Å². The summed E-state index contributed by atoms with van der Waals surface area (Å²) in [5.41, 5.74) is 4.39. The number of aromatic nitrogens is 3. The number of aryl methyl sites for hydroxylation is 2. The van der Waals surface area contributed by atoms with Gasteiger partial charge in [0.25, 0.3) is 5.91 Å². The van der Waals surface area contributed by atoms with Gasteiger partial charge in [0, 0.05) is 23.6 Å². The molecule has 2 aromatic heterocycles. The number of nitrogens with one attached hydrogen (secondary N) is 1. The number of fused-ring (bicyclic) bond motifs is 1. The van der Waals surface area contributed by atoms with Crippen molar-refractivity contribution in [2.75, 3.05) is 7.11 Å². The van der Waals surface area contributed by atoms with E-state index >= 15 is 0 Å². The first-order chi connectivity index (χ1) is 15.5. The van der Waals surface area contributed by atoms with Crippen LogP contribution in [0, 0.1) is 13.8 Å². The number of carbonyl (C=O) groups is 1. The Kier molecular flexibility index (Phi) is 6.07. The van der Waals surface area contributed by atoms with Crippen LogP contribution < -0.4 is 14.8 Å². The number of methoxy groups -OCH3 is 1. The molecule has 1 atom stereocenters. The summed E-state index contributed by atoms with van der Waals surface area (Å²) in [6, 6.07) is 19.2. The molecule has 4 rings (SSSR count). The lowest BCUT2D eigenvalue weighted by atomic mass is 10.1. The van der Waals surface area contributed by atoms with E-state index in [1.54, 1.807) is 18.7 Å². The standard InChI is InChI=1S/C25H26N4O3/c1-16-14-22(27-24-23(16)17(2)28-29(24)20-11-6-5-7-12-20)32-18(3)25(30)26-15-19-10-8-9-13-21(19)31-4/h5-14,18H,15H2,1-4H3,(H,26,30)/t18-/m1/s1. The van der Waals surface area contributed by atoms with Crippen LogP contribution in [0.2, 0.25) is 0 Å². The van der Waals surface area contributed by atoms with Crippen molar-refractivity contribution in [2.45, 2.75) is 33.4 Å². The van der Waals surface area contributed by atoms with Crippen molar-refractivity contribution >= 4 is 16.9 Å². The average Bonchev–Trinajstić information content (AvgIpc) is 3.14. The molecule has 0 radical (unpaired) electrons. The lowest BCUT2D eigenvalue weighted by Crippen LogP contribution is -2.36. The van der Waals surface area contributed by atoms with Gasteiger partial charge in [-0.05, 0) is 44.5 Å². The minimum atomic E-state index is -0.719. The van der Waals surface area contributed by atoms with E-state index in [-0.39, 0.29) is 5.91 Å². The summed E-state index contributed by atoms with van der Waals surface area (Å²) in [5.74, 6) is 0.879. The lowest BCUT2D eigenvalue weighted by molar-refractivity contribution is -0.127. The molecule has 2 heterocycles. The van der Waals surface area contributed by atoms with Crippen molar-refractivity contribution in [1.82, 2.24) is 20.1 Å². The van der Waals surface area contributed by atoms with Gasteiger partial charge in [0.2, 0.25) is 5.88 Å². The van der Waals surface area contributed by atoms with Crippen LogP contribution in [0.1, 0.15) is 23.7 Å². The molecular weight excluding hydrogens is 404 g/mol. The Balaban J connectivity index is 1.54. The van der Waals surface area contributed by atoms with Gasteiger partial charge >= 0.3 is 0 Å². The normalized spacial score (nSPS) is 11.9. The molecule has 0 aliphatic rings. The van der Waals surface area contributed by atoms with E-state index in [0.717, 1.165) is 33.6 Å². The number of hydrogen-bond donors (Lipinski definition) is 1. The molecule has 0 aliphatic heterocycles. The van der Waals surface area contributed by atoms with Gasteiger partial charge in [-0.15, -0.1) is 0 Å². The molecule has 4 aromatic rings. The third-order valence-corrected chi connectivity index (χ3v) is 5.30. The number of para-hydroxylation sites is 2. The number of hydrogen-bond acceptors (Lipinski definition) is 5. The maximum Gasteiger partial charge on any atom is 0.261 e. The quantitative estimate of drug-likeness (QED) is 0.477. The molecule has 164 valence electrons. The second-order valence-corrected chi connectivity index (χ2v) is 7.60. The summed E-state index contributed by atoms with van der Waals surface area (Å²) in [6.07, 6.45) is -0.719. The second-order valence-electron chi connectivity index (χ2n) is 7.60. The summed E-state index contributed by atoms with van der Waals surface area (Å²) in [5, 5.41) is 8.54. The number of ether oxygens (including phenoxy) is 2. The van der Waals surface area contributed by atoms with Crippen LogP contribution in [0.5, 0.6) is 11.6 Å². The smallest absolute Gasteiger partial charge is 0.261 e. The summed E-state index contributed by atoms with van der Waals surface area (Å²) in [4.78, 5) is 17.3. The van der Waals surface area contributed by atoms with E-state index < -0.39 is 6.10 Å². The molecule has 0 saturated heterocycles. The van der Waals surface area contributed by atoms with E-state index in [1.807, 2.05) is 74.5 Å². The number of carbonyl (C=O) groups excluding carboxylic acids is 1. The first-order valence-corrected chi connectivity index (χ1v) is 10.5. The Morgan fingerprint density at radius 1 is 1.09 bits per heavy atom.